The van der Waals surface area contributed by atoms with E-state index in [1.807, 2.05) is 0 Å². The monoisotopic (exact) mass is 175 g/mol. The van der Waals surface area contributed by atoms with Crippen molar-refractivity contribution >= 4 is 0 Å². The number of aryl methyl sites for hydroxylation is 1. The van der Waals surface area contributed by atoms with Crippen LogP contribution in [0.2, 0.25) is 0 Å². The van der Waals surface area contributed by atoms with Crippen LogP contribution >= 0.6 is 0 Å². The summed E-state index contributed by atoms with van der Waals surface area (Å²) in [5.41, 5.74) is 5.38. The van der Waals surface area contributed by atoms with Crippen molar-refractivity contribution in [3.05, 3.63) is 32.7 Å². The average molecular weight is 175 g/mol. The third kappa shape index (κ3) is 0.916. The lowest BCUT2D eigenvalue weighted by atomic mass is 10.0. The zero-order chi connectivity index (χ0) is 8.84. The van der Waals surface area contributed by atoms with Crippen molar-refractivity contribution in [3.63, 3.8) is 0 Å². The van der Waals surface area contributed by atoms with E-state index in [-0.39, 0.29) is 5.56 Å². The molecule has 0 radical (unpaired) electrons. The highest BCUT2D eigenvalue weighted by atomic mass is 16.1. The van der Waals surface area contributed by atoms with Crippen LogP contribution in [0.1, 0.15) is 35.2 Å². The van der Waals surface area contributed by atoms with Crippen LogP contribution in [0.25, 0.3) is 0 Å². The van der Waals surface area contributed by atoms with Crippen LogP contribution in [0, 0.1) is 0 Å². The molecule has 1 aromatic heterocycles. The van der Waals surface area contributed by atoms with Crippen LogP contribution in [0.4, 0.5) is 0 Å². The second kappa shape index (κ2) is 2.47. The van der Waals surface area contributed by atoms with E-state index in [4.69, 9.17) is 0 Å². The first-order valence-corrected chi connectivity index (χ1v) is 5.12. The van der Waals surface area contributed by atoms with Gasteiger partial charge in [-0.3, -0.25) is 4.79 Å². The highest BCUT2D eigenvalue weighted by molar-refractivity contribution is 5.41. The predicted octanol–water partition coefficient (Wildman–Crippen LogP) is 1.35. The zero-order valence-corrected chi connectivity index (χ0v) is 7.65. The lowest BCUT2D eigenvalue weighted by Crippen LogP contribution is -2.15. The molecule has 1 N–H and O–H groups in total. The summed E-state index contributed by atoms with van der Waals surface area (Å²) in [7, 11) is 0. The lowest BCUT2D eigenvalue weighted by Gasteiger charge is -2.05. The molecule has 1 aromatic rings. The van der Waals surface area contributed by atoms with Crippen molar-refractivity contribution in [3.8, 4) is 0 Å². The predicted molar refractivity (Wildman–Crippen MR) is 51.1 cm³/mol. The summed E-state index contributed by atoms with van der Waals surface area (Å²) in [6, 6.07) is 0. The fraction of sp³-hybridized carbons (Fsp3) is 0.545. The van der Waals surface area contributed by atoms with Crippen molar-refractivity contribution in [2.45, 2.75) is 38.5 Å². The van der Waals surface area contributed by atoms with Gasteiger partial charge in [0, 0.05) is 11.3 Å². The minimum Gasteiger partial charge on any atom is -0.326 e. The van der Waals surface area contributed by atoms with Crippen LogP contribution in [0.3, 0.4) is 0 Å². The number of aromatic nitrogens is 1. The molecule has 0 amide bonds. The molecule has 3 rings (SSSR count). The molecule has 13 heavy (non-hydrogen) atoms. The van der Waals surface area contributed by atoms with Gasteiger partial charge in [0.25, 0.3) is 5.56 Å². The SMILES string of the molecule is O=c1[nH]c2c(c3c1CCC3)CCC2. The van der Waals surface area contributed by atoms with Crippen molar-refractivity contribution in [2.24, 2.45) is 0 Å². The quantitative estimate of drug-likeness (QED) is 0.634. The first-order valence-electron chi connectivity index (χ1n) is 5.12. The van der Waals surface area contributed by atoms with Gasteiger partial charge in [0.15, 0.2) is 0 Å². The highest BCUT2D eigenvalue weighted by Gasteiger charge is 2.23. The summed E-state index contributed by atoms with van der Waals surface area (Å²) in [6.07, 6.45) is 6.81. The number of aromatic amines is 1. The van der Waals surface area contributed by atoms with Crippen LogP contribution in [-0.2, 0) is 25.7 Å². The van der Waals surface area contributed by atoms with Crippen molar-refractivity contribution in [1.29, 1.82) is 0 Å². The number of H-pyrrole nitrogens is 1. The third-order valence-corrected chi connectivity index (χ3v) is 3.34. The van der Waals surface area contributed by atoms with Crippen LogP contribution in [0.5, 0.6) is 0 Å². The van der Waals surface area contributed by atoms with E-state index in [1.165, 1.54) is 36.1 Å². The van der Waals surface area contributed by atoms with Crippen molar-refractivity contribution < 1.29 is 0 Å². The van der Waals surface area contributed by atoms with E-state index >= 15 is 0 Å². The second-order valence-electron chi connectivity index (χ2n) is 4.08. The van der Waals surface area contributed by atoms with E-state index in [9.17, 15) is 4.79 Å². The molecule has 0 saturated carbocycles. The fourth-order valence-electron chi connectivity index (χ4n) is 2.75. The average Bonchev–Trinajstić information content (AvgIpc) is 2.66. The van der Waals surface area contributed by atoms with Gasteiger partial charge in [-0.15, -0.1) is 0 Å². The number of nitrogens with one attached hydrogen (secondary N) is 1. The molecule has 1 heterocycles. The van der Waals surface area contributed by atoms with Gasteiger partial charge in [0.05, 0.1) is 0 Å². The molecule has 0 atom stereocenters. The van der Waals surface area contributed by atoms with E-state index in [1.54, 1.807) is 0 Å². The number of pyridine rings is 1. The number of fused-ring (bicyclic) bond motifs is 3. The van der Waals surface area contributed by atoms with Gasteiger partial charge in [0.2, 0.25) is 0 Å². The molecule has 0 unspecified atom stereocenters. The number of hydrogen-bond acceptors (Lipinski definition) is 1. The smallest absolute Gasteiger partial charge is 0.251 e. The van der Waals surface area contributed by atoms with E-state index in [0.29, 0.717) is 0 Å². The Hall–Kier alpha value is -1.05. The molecule has 0 saturated heterocycles. The molecule has 0 bridgehead atoms. The van der Waals surface area contributed by atoms with E-state index < -0.39 is 0 Å². The molecular weight excluding hydrogens is 162 g/mol. The molecule has 2 heteroatoms. The standard InChI is InChI=1S/C11H13NO/c13-11-9-5-1-3-7(9)8-4-2-6-10(8)12-11/h1-6H2,(H,12,13). The molecule has 0 aromatic carbocycles. The van der Waals surface area contributed by atoms with Crippen LogP contribution < -0.4 is 5.56 Å². The Bertz CT molecular complexity index is 417. The van der Waals surface area contributed by atoms with Gasteiger partial charge < -0.3 is 4.98 Å². The summed E-state index contributed by atoms with van der Waals surface area (Å²) in [6.45, 7) is 0. The van der Waals surface area contributed by atoms with Gasteiger partial charge in [-0.2, -0.15) is 0 Å². The first-order chi connectivity index (χ1) is 6.36. The molecule has 0 aliphatic heterocycles. The largest absolute Gasteiger partial charge is 0.326 e. The second-order valence-corrected chi connectivity index (χ2v) is 4.08. The molecule has 0 spiro atoms. The maximum Gasteiger partial charge on any atom is 0.251 e. The van der Waals surface area contributed by atoms with E-state index in [0.717, 1.165) is 24.8 Å². The number of rotatable bonds is 0. The maximum absolute atomic E-state index is 11.6. The minimum absolute atomic E-state index is 0.188. The zero-order valence-electron chi connectivity index (χ0n) is 7.65. The Labute approximate surface area is 77.0 Å². The van der Waals surface area contributed by atoms with Gasteiger partial charge in [-0.1, -0.05) is 0 Å². The van der Waals surface area contributed by atoms with Crippen molar-refractivity contribution in [2.75, 3.05) is 0 Å². The Morgan fingerprint density at radius 2 is 1.54 bits per heavy atom. The summed E-state index contributed by atoms with van der Waals surface area (Å²) in [5.74, 6) is 0. The minimum atomic E-state index is 0.188. The summed E-state index contributed by atoms with van der Waals surface area (Å²) < 4.78 is 0. The molecule has 2 nitrogen and oxygen atoms in total. The summed E-state index contributed by atoms with van der Waals surface area (Å²) in [4.78, 5) is 14.6. The van der Waals surface area contributed by atoms with Gasteiger partial charge in [0.1, 0.15) is 0 Å². The van der Waals surface area contributed by atoms with Crippen LogP contribution in [-0.4, -0.2) is 4.98 Å². The molecule has 0 fully saturated rings. The molecular formula is C11H13NO. The highest BCUT2D eigenvalue weighted by Crippen LogP contribution is 2.29. The maximum atomic E-state index is 11.6. The Balaban J connectivity index is 2.34. The third-order valence-electron chi connectivity index (χ3n) is 3.34. The van der Waals surface area contributed by atoms with Gasteiger partial charge >= 0.3 is 0 Å². The normalized spacial score (nSPS) is 18.8. The fourth-order valence-corrected chi connectivity index (χ4v) is 2.75. The van der Waals surface area contributed by atoms with E-state index in [2.05, 4.69) is 4.98 Å². The molecule has 68 valence electrons. The Morgan fingerprint density at radius 1 is 0.846 bits per heavy atom. The lowest BCUT2D eigenvalue weighted by molar-refractivity contribution is 0.877. The topological polar surface area (TPSA) is 32.9 Å². The molecule has 2 aliphatic rings. The van der Waals surface area contributed by atoms with Gasteiger partial charge in [-0.05, 0) is 49.7 Å². The van der Waals surface area contributed by atoms with Crippen LogP contribution in [0.15, 0.2) is 4.79 Å². The van der Waals surface area contributed by atoms with Gasteiger partial charge in [-0.25, -0.2) is 0 Å². The Morgan fingerprint density at radius 3 is 2.46 bits per heavy atom. The molecule has 2 aliphatic carbocycles. The first kappa shape index (κ1) is 7.36. The summed E-state index contributed by atoms with van der Waals surface area (Å²) in [5, 5.41) is 0. The van der Waals surface area contributed by atoms with Crippen molar-refractivity contribution in [1.82, 2.24) is 4.98 Å². The number of hydrogen-bond donors (Lipinski definition) is 1. The Kier molecular flexibility index (Phi) is 1.40. The summed E-state index contributed by atoms with van der Waals surface area (Å²) >= 11 is 0.